The zero-order valence-corrected chi connectivity index (χ0v) is 11.9. The average molecular weight is 280 g/mol. The van der Waals surface area contributed by atoms with E-state index in [1.54, 1.807) is 25.2 Å². The number of pyridine rings is 1. The molecule has 0 saturated carbocycles. The number of rotatable bonds is 4. The van der Waals surface area contributed by atoms with Gasteiger partial charge in [0.2, 0.25) is 0 Å². The molecule has 1 aliphatic rings. The van der Waals surface area contributed by atoms with Crippen molar-refractivity contribution in [3.05, 3.63) is 23.5 Å². The minimum absolute atomic E-state index is 0.114. The van der Waals surface area contributed by atoms with Crippen LogP contribution in [0.1, 0.15) is 16.1 Å². The number of nitrogen functional groups attached to an aromatic ring is 1. The highest BCUT2D eigenvalue weighted by atomic mass is 16.5. The number of hydrazine groups is 1. The molecule has 2 heterocycles. The van der Waals surface area contributed by atoms with Gasteiger partial charge in [0.15, 0.2) is 0 Å². The fourth-order valence-electron chi connectivity index (χ4n) is 2.38. The molecule has 1 aliphatic heterocycles. The number of aromatic nitrogens is 1. The summed E-state index contributed by atoms with van der Waals surface area (Å²) in [5, 5.41) is 0. The fraction of sp³-hybridized carbons (Fsp3) is 0.538. The molecule has 0 radical (unpaired) electrons. The van der Waals surface area contributed by atoms with Gasteiger partial charge in [0, 0.05) is 39.2 Å². The van der Waals surface area contributed by atoms with Crippen LogP contribution in [0.4, 0.5) is 5.69 Å². The first-order valence-corrected chi connectivity index (χ1v) is 6.38. The molecule has 0 aliphatic carbocycles. The Morgan fingerprint density at radius 3 is 2.50 bits per heavy atom. The molecule has 1 fully saturated rings. The summed E-state index contributed by atoms with van der Waals surface area (Å²) in [5.41, 5.74) is 4.35. The number of likely N-dealkylation sites (tertiary alicyclic amines) is 1. The number of carbonyl (C=O) groups excluding carboxylic acids is 1. The van der Waals surface area contributed by atoms with Crippen LogP contribution in [0, 0.1) is 6.92 Å². The second-order valence-electron chi connectivity index (χ2n) is 4.77. The van der Waals surface area contributed by atoms with Gasteiger partial charge in [-0.15, -0.1) is 0 Å². The number of anilines is 1. The molecule has 1 saturated heterocycles. The van der Waals surface area contributed by atoms with Crippen LogP contribution in [0.5, 0.6) is 0 Å². The van der Waals surface area contributed by atoms with E-state index >= 15 is 0 Å². The Balaban J connectivity index is 2.20. The van der Waals surface area contributed by atoms with Gasteiger partial charge in [0.05, 0.1) is 11.3 Å². The minimum atomic E-state index is -0.132. The third-order valence-electron chi connectivity index (χ3n) is 3.53. The fourth-order valence-corrected chi connectivity index (χ4v) is 2.38. The summed E-state index contributed by atoms with van der Waals surface area (Å²) in [4.78, 5) is 18.4. The third-order valence-corrected chi connectivity index (χ3v) is 3.53. The molecule has 2 rings (SSSR count). The highest BCUT2D eigenvalue weighted by Crippen LogP contribution is 2.22. The Bertz CT molecular complexity index is 483. The Hall–Kier alpha value is -1.70. The molecular formula is C13H20N4O3. The number of carbonyl (C=O) groups is 1. The number of amides is 1. The van der Waals surface area contributed by atoms with Crippen molar-refractivity contribution in [2.75, 3.05) is 32.7 Å². The lowest BCUT2D eigenvalue weighted by atomic mass is 10.2. The van der Waals surface area contributed by atoms with Crippen molar-refractivity contribution in [2.24, 2.45) is 5.84 Å². The molecule has 2 atom stereocenters. The number of hydrogen-bond acceptors (Lipinski definition) is 6. The number of nitrogens with two attached hydrogens (primary N) is 1. The van der Waals surface area contributed by atoms with Gasteiger partial charge >= 0.3 is 0 Å². The van der Waals surface area contributed by atoms with Crippen LogP contribution in [0.15, 0.2) is 12.3 Å². The molecule has 7 nitrogen and oxygen atoms in total. The van der Waals surface area contributed by atoms with E-state index in [1.165, 1.54) is 6.20 Å². The van der Waals surface area contributed by atoms with Crippen LogP contribution in [0.3, 0.4) is 0 Å². The third kappa shape index (κ3) is 2.74. The molecule has 2 unspecified atom stereocenters. The van der Waals surface area contributed by atoms with Crippen molar-refractivity contribution in [3.63, 3.8) is 0 Å². The van der Waals surface area contributed by atoms with E-state index in [0.29, 0.717) is 24.3 Å². The Kier molecular flexibility index (Phi) is 4.53. The van der Waals surface area contributed by atoms with Crippen LogP contribution >= 0.6 is 0 Å². The monoisotopic (exact) mass is 280 g/mol. The summed E-state index contributed by atoms with van der Waals surface area (Å²) in [6, 6.07) is 1.74. The van der Waals surface area contributed by atoms with Crippen molar-refractivity contribution in [2.45, 2.75) is 19.1 Å². The summed E-state index contributed by atoms with van der Waals surface area (Å²) in [7, 11) is 3.23. The summed E-state index contributed by atoms with van der Waals surface area (Å²) in [6.45, 7) is 2.82. The van der Waals surface area contributed by atoms with Crippen molar-refractivity contribution < 1.29 is 14.3 Å². The highest BCUT2D eigenvalue weighted by molar-refractivity contribution is 5.99. The van der Waals surface area contributed by atoms with Gasteiger partial charge in [-0.1, -0.05) is 0 Å². The Morgan fingerprint density at radius 2 is 2.00 bits per heavy atom. The summed E-state index contributed by atoms with van der Waals surface area (Å²) >= 11 is 0. The highest BCUT2D eigenvalue weighted by Gasteiger charge is 2.36. The molecular weight excluding hydrogens is 260 g/mol. The van der Waals surface area contributed by atoms with E-state index in [0.717, 1.165) is 5.69 Å². The van der Waals surface area contributed by atoms with Gasteiger partial charge in [0.1, 0.15) is 12.2 Å². The van der Waals surface area contributed by atoms with Crippen molar-refractivity contribution >= 4 is 11.6 Å². The summed E-state index contributed by atoms with van der Waals surface area (Å²) in [6.07, 6.45) is 1.31. The molecule has 3 N–H and O–H groups in total. The molecule has 0 bridgehead atoms. The van der Waals surface area contributed by atoms with E-state index < -0.39 is 0 Å². The first-order chi connectivity index (χ1) is 9.60. The van der Waals surface area contributed by atoms with Crippen LogP contribution in [-0.4, -0.2) is 55.3 Å². The maximum atomic E-state index is 12.5. The minimum Gasteiger partial charge on any atom is -0.377 e. The van der Waals surface area contributed by atoms with E-state index in [2.05, 4.69) is 10.4 Å². The van der Waals surface area contributed by atoms with Gasteiger partial charge in [-0.05, 0) is 13.0 Å². The van der Waals surface area contributed by atoms with Crippen LogP contribution in [-0.2, 0) is 9.47 Å². The lowest BCUT2D eigenvalue weighted by Crippen LogP contribution is -2.31. The molecule has 1 aromatic rings. The molecule has 0 aromatic carbocycles. The van der Waals surface area contributed by atoms with Gasteiger partial charge in [-0.3, -0.25) is 15.6 Å². The zero-order chi connectivity index (χ0) is 14.7. The number of nitrogens with one attached hydrogen (secondary N) is 1. The smallest absolute Gasteiger partial charge is 0.257 e. The number of aryl methyl sites for hydroxylation is 1. The van der Waals surface area contributed by atoms with E-state index in [9.17, 15) is 4.79 Å². The van der Waals surface area contributed by atoms with Crippen LogP contribution < -0.4 is 11.3 Å². The number of ether oxygens (including phenoxy) is 2. The van der Waals surface area contributed by atoms with E-state index in [1.807, 2.05) is 6.92 Å². The molecule has 0 spiro atoms. The average Bonchev–Trinajstić information content (AvgIpc) is 2.89. The topological polar surface area (TPSA) is 89.7 Å². The van der Waals surface area contributed by atoms with E-state index in [-0.39, 0.29) is 18.1 Å². The molecule has 1 amide bonds. The summed E-state index contributed by atoms with van der Waals surface area (Å²) in [5.74, 6) is 5.33. The number of hydrogen-bond donors (Lipinski definition) is 2. The van der Waals surface area contributed by atoms with Gasteiger partial charge < -0.3 is 19.8 Å². The maximum absolute atomic E-state index is 12.5. The first kappa shape index (κ1) is 14.7. The quantitative estimate of drug-likeness (QED) is 0.603. The number of nitrogens with zero attached hydrogens (tertiary/aromatic N) is 2. The Labute approximate surface area is 118 Å². The predicted octanol–water partition coefficient (Wildman–Crippen LogP) is 0.161. The van der Waals surface area contributed by atoms with Crippen LogP contribution in [0.2, 0.25) is 0 Å². The molecule has 7 heteroatoms. The van der Waals surface area contributed by atoms with E-state index in [4.69, 9.17) is 15.3 Å². The standard InChI is InChI=1S/C13H20N4O3/c1-8-4-10(16-14)9(5-15-8)13(18)17-6-11(19-2)12(7-17)20-3/h4-5,11-12H,6-7,14H2,1-3H3,(H,15,16). The lowest BCUT2D eigenvalue weighted by molar-refractivity contribution is -0.00461. The van der Waals surface area contributed by atoms with Crippen molar-refractivity contribution in [1.82, 2.24) is 9.88 Å². The largest absolute Gasteiger partial charge is 0.377 e. The Morgan fingerprint density at radius 1 is 1.40 bits per heavy atom. The molecule has 20 heavy (non-hydrogen) atoms. The number of methoxy groups -OCH3 is 2. The summed E-state index contributed by atoms with van der Waals surface area (Å²) < 4.78 is 10.7. The van der Waals surface area contributed by atoms with Crippen molar-refractivity contribution in [1.29, 1.82) is 0 Å². The van der Waals surface area contributed by atoms with Crippen molar-refractivity contribution in [3.8, 4) is 0 Å². The molecule has 110 valence electrons. The van der Waals surface area contributed by atoms with Gasteiger partial charge in [-0.2, -0.15) is 0 Å². The van der Waals surface area contributed by atoms with Gasteiger partial charge in [-0.25, -0.2) is 0 Å². The lowest BCUT2D eigenvalue weighted by Gasteiger charge is -2.17. The molecule has 1 aromatic heterocycles. The zero-order valence-electron chi connectivity index (χ0n) is 11.9. The second kappa shape index (κ2) is 6.17. The maximum Gasteiger partial charge on any atom is 0.257 e. The van der Waals surface area contributed by atoms with Crippen LogP contribution in [0.25, 0.3) is 0 Å². The van der Waals surface area contributed by atoms with Gasteiger partial charge in [0.25, 0.3) is 5.91 Å². The predicted molar refractivity (Wildman–Crippen MR) is 74.3 cm³/mol. The second-order valence-corrected chi connectivity index (χ2v) is 4.77. The SMILES string of the molecule is COC1CN(C(=O)c2cnc(C)cc2NN)CC1OC. The normalized spacial score (nSPS) is 22.1. The first-order valence-electron chi connectivity index (χ1n) is 6.38.